The third-order valence-electron chi connectivity index (χ3n) is 4.20. The molecular weight excluding hydrogens is 310 g/mol. The average molecular weight is 329 g/mol. The monoisotopic (exact) mass is 329 g/mol. The van der Waals surface area contributed by atoms with Crippen LogP contribution in [0.1, 0.15) is 11.3 Å². The van der Waals surface area contributed by atoms with Crippen molar-refractivity contribution in [1.29, 1.82) is 0 Å². The molecule has 0 bridgehead atoms. The van der Waals surface area contributed by atoms with Gasteiger partial charge in [0.1, 0.15) is 12.4 Å². The molecule has 25 heavy (non-hydrogen) atoms. The third-order valence-corrected chi connectivity index (χ3v) is 4.20. The van der Waals surface area contributed by atoms with Gasteiger partial charge < -0.3 is 4.74 Å². The molecule has 4 nitrogen and oxygen atoms in total. The zero-order valence-electron chi connectivity index (χ0n) is 14.3. The summed E-state index contributed by atoms with van der Waals surface area (Å²) in [6.45, 7) is 2.56. The Morgan fingerprint density at radius 3 is 2.56 bits per heavy atom. The van der Waals surface area contributed by atoms with E-state index < -0.39 is 0 Å². The molecule has 4 rings (SSSR count). The summed E-state index contributed by atoms with van der Waals surface area (Å²) in [6.07, 6.45) is 1.91. The first-order chi connectivity index (χ1) is 12.2. The highest BCUT2D eigenvalue weighted by Crippen LogP contribution is 2.27. The van der Waals surface area contributed by atoms with Gasteiger partial charge >= 0.3 is 0 Å². The van der Waals surface area contributed by atoms with E-state index in [1.165, 1.54) is 10.9 Å². The fourth-order valence-electron chi connectivity index (χ4n) is 2.92. The largest absolute Gasteiger partial charge is 0.487 e. The highest BCUT2D eigenvalue weighted by atomic mass is 16.5. The summed E-state index contributed by atoms with van der Waals surface area (Å²) in [4.78, 5) is 4.82. The number of aromatic nitrogens is 3. The van der Waals surface area contributed by atoms with Gasteiger partial charge in [-0.25, -0.2) is 4.98 Å². The second-order valence-corrected chi connectivity index (χ2v) is 6.14. The van der Waals surface area contributed by atoms with Crippen LogP contribution in [0.2, 0.25) is 0 Å². The van der Waals surface area contributed by atoms with Crippen LogP contribution in [-0.4, -0.2) is 14.8 Å². The number of rotatable bonds is 4. The summed E-state index contributed by atoms with van der Waals surface area (Å²) in [5.74, 6) is 0.827. The molecule has 2 heterocycles. The number of hydrogen-bond acceptors (Lipinski definition) is 3. The summed E-state index contributed by atoms with van der Waals surface area (Å²) in [5.41, 5.74) is 5.20. The van der Waals surface area contributed by atoms with Gasteiger partial charge in [-0.1, -0.05) is 18.2 Å². The van der Waals surface area contributed by atoms with Crippen molar-refractivity contribution >= 4 is 10.9 Å². The minimum absolute atomic E-state index is 0.466. The number of nitrogens with zero attached hydrogens (tertiary/aromatic N) is 3. The maximum absolute atomic E-state index is 5.80. The molecule has 0 radical (unpaired) electrons. The molecule has 0 amide bonds. The zero-order chi connectivity index (χ0) is 17.2. The Labute approximate surface area is 146 Å². The molecule has 0 aliphatic rings. The highest BCUT2D eigenvalue weighted by molar-refractivity contribution is 5.83. The van der Waals surface area contributed by atoms with Gasteiger partial charge in [0, 0.05) is 24.2 Å². The molecule has 4 aromatic rings. The number of fused-ring (bicyclic) bond motifs is 1. The molecule has 0 atom stereocenters. The Morgan fingerprint density at radius 1 is 1.00 bits per heavy atom. The first-order valence-corrected chi connectivity index (χ1v) is 8.27. The fourth-order valence-corrected chi connectivity index (χ4v) is 2.92. The van der Waals surface area contributed by atoms with Crippen LogP contribution in [0.4, 0.5) is 0 Å². The third kappa shape index (κ3) is 3.24. The topological polar surface area (TPSA) is 39.9 Å². The summed E-state index contributed by atoms with van der Waals surface area (Å²) >= 11 is 0. The number of ether oxygens (including phenoxy) is 1. The Kier molecular flexibility index (Phi) is 3.94. The first-order valence-electron chi connectivity index (χ1n) is 8.27. The molecule has 0 fully saturated rings. The molecule has 0 aliphatic carbocycles. The van der Waals surface area contributed by atoms with Crippen LogP contribution in [0.15, 0.2) is 66.9 Å². The van der Waals surface area contributed by atoms with Crippen molar-refractivity contribution < 1.29 is 4.74 Å². The van der Waals surface area contributed by atoms with Crippen molar-refractivity contribution in [2.75, 3.05) is 0 Å². The quantitative estimate of drug-likeness (QED) is 0.552. The van der Waals surface area contributed by atoms with Crippen LogP contribution >= 0.6 is 0 Å². The molecule has 0 spiro atoms. The van der Waals surface area contributed by atoms with E-state index in [4.69, 9.17) is 9.72 Å². The van der Waals surface area contributed by atoms with Crippen molar-refractivity contribution in [2.24, 2.45) is 7.05 Å². The van der Waals surface area contributed by atoms with Crippen LogP contribution in [0.5, 0.6) is 5.75 Å². The minimum atomic E-state index is 0.466. The second kappa shape index (κ2) is 6.40. The minimum Gasteiger partial charge on any atom is -0.487 e. The molecular formula is C21H19N3O. The van der Waals surface area contributed by atoms with Crippen molar-refractivity contribution in [3.05, 3.63) is 78.1 Å². The van der Waals surface area contributed by atoms with E-state index >= 15 is 0 Å². The average Bonchev–Trinajstić information content (AvgIpc) is 3.05. The second-order valence-electron chi connectivity index (χ2n) is 6.14. The van der Waals surface area contributed by atoms with Crippen LogP contribution < -0.4 is 4.74 Å². The lowest BCUT2D eigenvalue weighted by Gasteiger charge is -2.09. The normalized spacial score (nSPS) is 11.0. The van der Waals surface area contributed by atoms with Gasteiger partial charge in [-0.15, -0.1) is 0 Å². The van der Waals surface area contributed by atoms with E-state index in [-0.39, 0.29) is 0 Å². The summed E-state index contributed by atoms with van der Waals surface area (Å²) in [5, 5.41) is 5.48. The molecule has 0 unspecified atom stereocenters. The Hall–Kier alpha value is -3.14. The molecule has 0 N–H and O–H groups in total. The molecule has 124 valence electrons. The summed E-state index contributed by atoms with van der Waals surface area (Å²) in [7, 11) is 1.90. The van der Waals surface area contributed by atoms with E-state index in [2.05, 4.69) is 36.3 Å². The lowest BCUT2D eigenvalue weighted by molar-refractivity contribution is 0.300. The lowest BCUT2D eigenvalue weighted by Crippen LogP contribution is -1.98. The van der Waals surface area contributed by atoms with E-state index in [0.717, 1.165) is 28.2 Å². The predicted molar refractivity (Wildman–Crippen MR) is 99.5 cm³/mol. The first kappa shape index (κ1) is 15.4. The highest BCUT2D eigenvalue weighted by Gasteiger charge is 2.07. The van der Waals surface area contributed by atoms with Crippen LogP contribution in [0, 0.1) is 6.92 Å². The van der Waals surface area contributed by atoms with Crippen molar-refractivity contribution in [3.8, 4) is 17.0 Å². The molecule has 2 aromatic carbocycles. The zero-order valence-corrected chi connectivity index (χ0v) is 14.3. The summed E-state index contributed by atoms with van der Waals surface area (Å²) < 4.78 is 7.57. The van der Waals surface area contributed by atoms with E-state index in [1.54, 1.807) is 4.68 Å². The molecule has 0 aliphatic heterocycles. The van der Waals surface area contributed by atoms with Crippen LogP contribution in [-0.2, 0) is 13.7 Å². The maximum atomic E-state index is 5.80. The fraction of sp³-hybridized carbons (Fsp3) is 0.143. The van der Waals surface area contributed by atoms with Crippen molar-refractivity contribution in [2.45, 2.75) is 13.5 Å². The van der Waals surface area contributed by atoms with Gasteiger partial charge in [0.2, 0.25) is 0 Å². The number of para-hydroxylation sites is 1. The molecule has 0 saturated carbocycles. The van der Waals surface area contributed by atoms with Gasteiger partial charge in [0.25, 0.3) is 0 Å². The van der Waals surface area contributed by atoms with E-state index in [0.29, 0.717) is 6.61 Å². The number of pyridine rings is 1. The standard InChI is InChI=1S/C21H19N3O/c1-15-13-17-5-3-4-6-20(17)22-21(15)16-7-9-19(10-8-16)25-14-18-11-12-24(2)23-18/h3-13H,14H2,1-2H3. The van der Waals surface area contributed by atoms with Gasteiger partial charge in [0.05, 0.1) is 16.9 Å². The van der Waals surface area contributed by atoms with E-state index in [1.807, 2.05) is 49.6 Å². The lowest BCUT2D eigenvalue weighted by atomic mass is 10.0. The van der Waals surface area contributed by atoms with Gasteiger partial charge in [-0.2, -0.15) is 5.10 Å². The molecule has 4 heteroatoms. The Bertz CT molecular complexity index is 1020. The predicted octanol–water partition coefficient (Wildman–Crippen LogP) is 4.52. The Balaban J connectivity index is 1.56. The molecule has 2 aromatic heterocycles. The van der Waals surface area contributed by atoms with Crippen LogP contribution in [0.25, 0.3) is 22.2 Å². The number of aryl methyl sites for hydroxylation is 2. The van der Waals surface area contributed by atoms with Crippen LogP contribution in [0.3, 0.4) is 0 Å². The molecule has 0 saturated heterocycles. The van der Waals surface area contributed by atoms with E-state index in [9.17, 15) is 0 Å². The van der Waals surface area contributed by atoms with Crippen molar-refractivity contribution in [3.63, 3.8) is 0 Å². The van der Waals surface area contributed by atoms with Gasteiger partial charge in [-0.05, 0) is 55.0 Å². The maximum Gasteiger partial charge on any atom is 0.132 e. The summed E-state index contributed by atoms with van der Waals surface area (Å²) in [6, 6.07) is 20.4. The van der Waals surface area contributed by atoms with Gasteiger partial charge in [0.15, 0.2) is 0 Å². The smallest absolute Gasteiger partial charge is 0.132 e. The number of benzene rings is 2. The SMILES string of the molecule is Cc1cc2ccccc2nc1-c1ccc(OCc2ccn(C)n2)cc1. The Morgan fingerprint density at radius 2 is 1.80 bits per heavy atom. The number of hydrogen-bond donors (Lipinski definition) is 0. The van der Waals surface area contributed by atoms with Crippen molar-refractivity contribution in [1.82, 2.24) is 14.8 Å². The van der Waals surface area contributed by atoms with Gasteiger partial charge in [-0.3, -0.25) is 4.68 Å².